The van der Waals surface area contributed by atoms with Crippen molar-refractivity contribution in [2.45, 2.75) is 13.5 Å². The number of halogens is 1. The molecule has 0 atom stereocenters. The van der Waals surface area contributed by atoms with E-state index in [0.717, 1.165) is 66.2 Å². The Labute approximate surface area is 204 Å². The normalized spacial score (nSPS) is 13.6. The number of aromatic amines is 1. The minimum atomic E-state index is 0.574. The quantitative estimate of drug-likeness (QED) is 0.334. The lowest BCUT2D eigenvalue weighted by atomic mass is 10.0. The zero-order valence-corrected chi connectivity index (χ0v) is 20.4. The average molecular weight is 516 g/mol. The summed E-state index contributed by atoms with van der Waals surface area (Å²) in [6, 6.07) is 16.7. The second kappa shape index (κ2) is 8.29. The van der Waals surface area contributed by atoms with Crippen LogP contribution in [0, 0.1) is 6.92 Å². The molecule has 0 unspecified atom stereocenters. The summed E-state index contributed by atoms with van der Waals surface area (Å²) in [6.07, 6.45) is 1.61. The van der Waals surface area contributed by atoms with Gasteiger partial charge in [0.15, 0.2) is 0 Å². The maximum Gasteiger partial charge on any atom is 0.140 e. The molecule has 0 saturated carbocycles. The van der Waals surface area contributed by atoms with Crippen molar-refractivity contribution in [3.05, 3.63) is 70.7 Å². The molecule has 0 spiro atoms. The van der Waals surface area contributed by atoms with E-state index in [-0.39, 0.29) is 0 Å². The fourth-order valence-electron chi connectivity index (χ4n) is 4.52. The monoisotopic (exact) mass is 515 g/mol. The van der Waals surface area contributed by atoms with Gasteiger partial charge in [-0.15, -0.1) is 0 Å². The Morgan fingerprint density at radius 1 is 1.03 bits per heavy atom. The molecule has 0 saturated heterocycles. The van der Waals surface area contributed by atoms with Crippen LogP contribution in [0.4, 0.5) is 5.82 Å². The number of anilines is 1. The Kier molecular flexibility index (Phi) is 5.10. The molecule has 2 aromatic heterocycles. The van der Waals surface area contributed by atoms with E-state index in [2.05, 4.69) is 77.2 Å². The molecular weight excluding hydrogens is 494 g/mol. The number of fused-ring (bicyclic) bond motifs is 3. The highest BCUT2D eigenvalue weighted by molar-refractivity contribution is 9.10. The van der Waals surface area contributed by atoms with Gasteiger partial charge in [0.2, 0.25) is 0 Å². The van der Waals surface area contributed by atoms with Crippen LogP contribution in [0.3, 0.4) is 0 Å². The number of nitrogens with zero attached hydrogens (tertiary/aromatic N) is 4. The summed E-state index contributed by atoms with van der Waals surface area (Å²) in [7, 11) is 1.66. The molecular formula is C26H22BrN5O2. The van der Waals surface area contributed by atoms with Crippen LogP contribution in [0.15, 0.2) is 59.3 Å². The number of methoxy groups -OCH3 is 1. The molecule has 0 fully saturated rings. The van der Waals surface area contributed by atoms with Crippen molar-refractivity contribution in [2.75, 3.05) is 25.2 Å². The van der Waals surface area contributed by atoms with Gasteiger partial charge in [-0.3, -0.25) is 0 Å². The first-order valence-corrected chi connectivity index (χ1v) is 11.8. The summed E-state index contributed by atoms with van der Waals surface area (Å²) in [4.78, 5) is 19.2. The number of aromatic nitrogens is 4. The van der Waals surface area contributed by atoms with E-state index in [4.69, 9.17) is 9.47 Å². The summed E-state index contributed by atoms with van der Waals surface area (Å²) >= 11 is 3.55. The third-order valence-electron chi connectivity index (χ3n) is 6.16. The Morgan fingerprint density at radius 2 is 1.88 bits per heavy atom. The average Bonchev–Trinajstić information content (AvgIpc) is 3.08. The predicted molar refractivity (Wildman–Crippen MR) is 137 cm³/mol. The van der Waals surface area contributed by atoms with E-state index in [9.17, 15) is 0 Å². The van der Waals surface area contributed by atoms with Gasteiger partial charge in [-0.2, -0.15) is 0 Å². The molecule has 3 aromatic carbocycles. The third kappa shape index (κ3) is 3.64. The van der Waals surface area contributed by atoms with Gasteiger partial charge in [0.1, 0.15) is 36.1 Å². The second-order valence-electron chi connectivity index (χ2n) is 8.35. The highest BCUT2D eigenvalue weighted by atomic mass is 79.9. The smallest absolute Gasteiger partial charge is 0.140 e. The molecule has 3 heterocycles. The molecule has 7 nitrogen and oxygen atoms in total. The number of H-pyrrole nitrogens is 1. The third-order valence-corrected chi connectivity index (χ3v) is 6.78. The van der Waals surface area contributed by atoms with E-state index in [1.807, 2.05) is 19.1 Å². The van der Waals surface area contributed by atoms with Crippen LogP contribution in [0.5, 0.6) is 11.5 Å². The minimum Gasteiger partial charge on any atom is -0.496 e. The van der Waals surface area contributed by atoms with Gasteiger partial charge in [-0.1, -0.05) is 12.1 Å². The van der Waals surface area contributed by atoms with E-state index >= 15 is 0 Å². The molecule has 8 heteroatoms. The molecule has 1 aliphatic heterocycles. The van der Waals surface area contributed by atoms with Crippen molar-refractivity contribution < 1.29 is 9.47 Å². The van der Waals surface area contributed by atoms with Crippen molar-refractivity contribution >= 4 is 43.7 Å². The van der Waals surface area contributed by atoms with E-state index in [1.165, 1.54) is 0 Å². The standard InChI is InChI=1S/C26H22BrN5O2/c1-15-30-21-5-3-17(10-23(21)31-15)16-4-6-24-18(9-16)13-32(7-8-34-24)26-19-11-25(33-2)20(27)12-22(19)28-14-29-26/h3-6,9-12,14H,7-8,13H2,1-2H3,(H,30,31). The van der Waals surface area contributed by atoms with E-state index in [1.54, 1.807) is 13.4 Å². The molecule has 6 rings (SSSR count). The topological polar surface area (TPSA) is 76.2 Å². The maximum absolute atomic E-state index is 6.11. The molecule has 1 N–H and O–H groups in total. The largest absolute Gasteiger partial charge is 0.496 e. The number of ether oxygens (including phenoxy) is 2. The van der Waals surface area contributed by atoms with Crippen molar-refractivity contribution in [3.63, 3.8) is 0 Å². The zero-order valence-electron chi connectivity index (χ0n) is 18.8. The van der Waals surface area contributed by atoms with Crippen LogP contribution in [-0.4, -0.2) is 40.2 Å². The van der Waals surface area contributed by atoms with Crippen LogP contribution in [0.1, 0.15) is 11.4 Å². The van der Waals surface area contributed by atoms with Crippen LogP contribution in [0.2, 0.25) is 0 Å². The molecule has 0 amide bonds. The summed E-state index contributed by atoms with van der Waals surface area (Å²) in [5.74, 6) is 3.44. The summed E-state index contributed by atoms with van der Waals surface area (Å²) < 4.78 is 12.5. The van der Waals surface area contributed by atoms with Crippen LogP contribution in [-0.2, 0) is 6.54 Å². The Hall–Kier alpha value is -3.65. The SMILES string of the molecule is COc1cc2c(N3CCOc4ccc(-c5ccc6nc(C)[nH]c6c5)cc4C3)ncnc2cc1Br. The van der Waals surface area contributed by atoms with Gasteiger partial charge in [-0.25, -0.2) is 15.0 Å². The van der Waals surface area contributed by atoms with Gasteiger partial charge in [0, 0.05) is 17.5 Å². The van der Waals surface area contributed by atoms with Crippen molar-refractivity contribution in [1.82, 2.24) is 19.9 Å². The molecule has 170 valence electrons. The molecule has 5 aromatic rings. The van der Waals surface area contributed by atoms with Gasteiger partial charge in [0.05, 0.1) is 34.7 Å². The number of rotatable bonds is 3. The second-order valence-corrected chi connectivity index (χ2v) is 9.20. The summed E-state index contributed by atoms with van der Waals surface area (Å²) in [5, 5.41) is 0.947. The zero-order chi connectivity index (χ0) is 23.2. The van der Waals surface area contributed by atoms with Gasteiger partial charge < -0.3 is 19.4 Å². The van der Waals surface area contributed by atoms with Crippen LogP contribution >= 0.6 is 15.9 Å². The first-order chi connectivity index (χ1) is 16.6. The molecule has 0 aliphatic carbocycles. The highest BCUT2D eigenvalue weighted by Crippen LogP contribution is 2.36. The number of aryl methyl sites for hydroxylation is 1. The molecule has 1 aliphatic rings. The van der Waals surface area contributed by atoms with E-state index < -0.39 is 0 Å². The lowest BCUT2D eigenvalue weighted by molar-refractivity contribution is 0.331. The molecule has 0 bridgehead atoms. The Balaban J connectivity index is 1.40. The lowest BCUT2D eigenvalue weighted by Gasteiger charge is -2.22. The molecule has 0 radical (unpaired) electrons. The number of nitrogens with one attached hydrogen (secondary N) is 1. The van der Waals surface area contributed by atoms with Gasteiger partial charge in [-0.05, 0) is 70.4 Å². The van der Waals surface area contributed by atoms with E-state index in [0.29, 0.717) is 19.7 Å². The number of benzene rings is 3. The lowest BCUT2D eigenvalue weighted by Crippen LogP contribution is -2.26. The van der Waals surface area contributed by atoms with Gasteiger partial charge >= 0.3 is 0 Å². The first-order valence-electron chi connectivity index (χ1n) is 11.0. The first kappa shape index (κ1) is 20.9. The Bertz CT molecular complexity index is 1550. The number of hydrogen-bond acceptors (Lipinski definition) is 6. The van der Waals surface area contributed by atoms with Crippen molar-refractivity contribution in [2.24, 2.45) is 0 Å². The van der Waals surface area contributed by atoms with Gasteiger partial charge in [0.25, 0.3) is 0 Å². The predicted octanol–water partition coefficient (Wildman–Crippen LogP) is 5.65. The van der Waals surface area contributed by atoms with Crippen molar-refractivity contribution in [1.29, 1.82) is 0 Å². The fraction of sp³-hybridized carbons (Fsp3) is 0.192. The van der Waals surface area contributed by atoms with Crippen LogP contribution in [0.25, 0.3) is 33.1 Å². The summed E-state index contributed by atoms with van der Waals surface area (Å²) in [5.41, 5.74) is 6.26. The number of hydrogen-bond donors (Lipinski definition) is 1. The fourth-order valence-corrected chi connectivity index (χ4v) is 5.02. The molecule has 34 heavy (non-hydrogen) atoms. The summed E-state index contributed by atoms with van der Waals surface area (Å²) in [6.45, 7) is 3.94. The van der Waals surface area contributed by atoms with Crippen LogP contribution < -0.4 is 14.4 Å². The highest BCUT2D eigenvalue weighted by Gasteiger charge is 2.20. The Morgan fingerprint density at radius 3 is 2.76 bits per heavy atom. The van der Waals surface area contributed by atoms with Crippen molar-refractivity contribution in [3.8, 4) is 22.6 Å². The number of imidazole rings is 1. The minimum absolute atomic E-state index is 0.574. The maximum atomic E-state index is 6.11.